The molecule has 0 radical (unpaired) electrons. The molecule has 2 aliphatic heterocycles. The minimum absolute atomic E-state index is 0. The zero-order valence-electron chi connectivity index (χ0n) is 12.4. The van der Waals surface area contributed by atoms with Gasteiger partial charge in [0.1, 0.15) is 11.5 Å². The molecule has 23 heavy (non-hydrogen) atoms. The molecule has 0 aliphatic carbocycles. The van der Waals surface area contributed by atoms with Gasteiger partial charge in [-0.15, -0.1) is 12.4 Å². The van der Waals surface area contributed by atoms with Crippen LogP contribution in [0.1, 0.15) is 16.3 Å². The van der Waals surface area contributed by atoms with Gasteiger partial charge in [0.15, 0.2) is 11.5 Å². The number of rotatable bonds is 2. The van der Waals surface area contributed by atoms with Crippen LogP contribution >= 0.6 is 12.4 Å². The number of benzene rings is 1. The van der Waals surface area contributed by atoms with Gasteiger partial charge in [0, 0.05) is 44.0 Å². The third-order valence-electron chi connectivity index (χ3n) is 3.78. The smallest absolute Gasteiger partial charge is 0.275 e. The van der Waals surface area contributed by atoms with Gasteiger partial charge in [-0.2, -0.15) is 0 Å². The van der Waals surface area contributed by atoms with Crippen molar-refractivity contribution in [2.75, 3.05) is 25.2 Å². The Bertz CT molecular complexity index is 708. The number of amides is 1. The van der Waals surface area contributed by atoms with Crippen molar-refractivity contribution in [3.63, 3.8) is 0 Å². The molecular formula is C15H17ClN4O3. The van der Waals surface area contributed by atoms with E-state index in [0.717, 1.165) is 31.9 Å². The average molecular weight is 337 g/mol. The van der Waals surface area contributed by atoms with Crippen molar-refractivity contribution in [3.05, 3.63) is 35.9 Å². The molecule has 2 N–H and O–H groups in total. The van der Waals surface area contributed by atoms with Gasteiger partial charge >= 0.3 is 0 Å². The quantitative estimate of drug-likeness (QED) is 0.867. The molecule has 1 amide bonds. The van der Waals surface area contributed by atoms with E-state index in [1.807, 2.05) is 10.8 Å². The lowest BCUT2D eigenvalue weighted by molar-refractivity contribution is 0.102. The molecule has 3 heterocycles. The van der Waals surface area contributed by atoms with Crippen molar-refractivity contribution in [2.45, 2.75) is 13.0 Å². The van der Waals surface area contributed by atoms with Gasteiger partial charge in [-0.05, 0) is 12.1 Å². The Labute approximate surface area is 139 Å². The van der Waals surface area contributed by atoms with Gasteiger partial charge < -0.3 is 24.7 Å². The first-order chi connectivity index (χ1) is 10.8. The lowest BCUT2D eigenvalue weighted by Crippen LogP contribution is -2.18. The average Bonchev–Trinajstić information content (AvgIpc) is 3.09. The first-order valence-electron chi connectivity index (χ1n) is 7.27. The van der Waals surface area contributed by atoms with Crippen LogP contribution in [0, 0.1) is 0 Å². The van der Waals surface area contributed by atoms with Gasteiger partial charge in [-0.3, -0.25) is 4.79 Å². The van der Waals surface area contributed by atoms with Crippen molar-refractivity contribution in [2.24, 2.45) is 0 Å². The van der Waals surface area contributed by atoms with Crippen molar-refractivity contribution < 1.29 is 14.3 Å². The number of aromatic nitrogens is 2. The molecule has 0 saturated heterocycles. The van der Waals surface area contributed by atoms with E-state index in [9.17, 15) is 4.79 Å². The van der Waals surface area contributed by atoms with Crippen LogP contribution in [-0.4, -0.2) is 35.3 Å². The molecule has 0 saturated carbocycles. The van der Waals surface area contributed by atoms with Crippen LogP contribution in [0.5, 0.6) is 11.5 Å². The lowest BCUT2D eigenvalue weighted by atomic mass is 10.2. The second-order valence-electron chi connectivity index (χ2n) is 5.26. The van der Waals surface area contributed by atoms with Crippen LogP contribution in [0.4, 0.5) is 5.69 Å². The van der Waals surface area contributed by atoms with Crippen LogP contribution in [0.15, 0.2) is 24.4 Å². The fourth-order valence-corrected chi connectivity index (χ4v) is 2.65. The number of nitrogens with one attached hydrogen (secondary N) is 2. The number of hydrogen-bond donors (Lipinski definition) is 2. The summed E-state index contributed by atoms with van der Waals surface area (Å²) in [6.07, 6.45) is 2.64. The summed E-state index contributed by atoms with van der Waals surface area (Å²) in [6.45, 7) is 2.83. The zero-order valence-corrected chi connectivity index (χ0v) is 13.2. The topological polar surface area (TPSA) is 77.4 Å². The van der Waals surface area contributed by atoms with Crippen LogP contribution in [0.2, 0.25) is 0 Å². The normalized spacial score (nSPS) is 15.3. The minimum Gasteiger partial charge on any atom is -0.454 e. The molecule has 7 nitrogen and oxygen atoms in total. The Morgan fingerprint density at radius 3 is 3.04 bits per heavy atom. The molecule has 122 valence electrons. The maximum absolute atomic E-state index is 12.3. The fourth-order valence-electron chi connectivity index (χ4n) is 2.65. The summed E-state index contributed by atoms with van der Waals surface area (Å²) in [5, 5.41) is 6.15. The van der Waals surface area contributed by atoms with Crippen LogP contribution in [0.25, 0.3) is 0 Å². The first-order valence-corrected chi connectivity index (χ1v) is 7.27. The molecule has 0 fully saturated rings. The Hall–Kier alpha value is -2.25. The number of carbonyl (C=O) groups is 1. The summed E-state index contributed by atoms with van der Waals surface area (Å²) in [5.41, 5.74) is 1.11. The third-order valence-corrected chi connectivity index (χ3v) is 3.78. The summed E-state index contributed by atoms with van der Waals surface area (Å²) in [4.78, 5) is 16.8. The molecule has 8 heteroatoms. The van der Waals surface area contributed by atoms with E-state index in [0.29, 0.717) is 22.9 Å². The summed E-state index contributed by atoms with van der Waals surface area (Å²) in [7, 11) is 0. The Morgan fingerprint density at radius 2 is 2.13 bits per heavy atom. The predicted octanol–water partition coefficient (Wildman–Crippen LogP) is 1.43. The molecule has 0 unspecified atom stereocenters. The molecule has 2 aromatic rings. The van der Waals surface area contributed by atoms with E-state index in [4.69, 9.17) is 9.47 Å². The Kier molecular flexibility index (Phi) is 4.40. The highest BCUT2D eigenvalue weighted by Gasteiger charge is 2.18. The van der Waals surface area contributed by atoms with Gasteiger partial charge in [0.25, 0.3) is 5.91 Å². The number of carbonyl (C=O) groups excluding carboxylic acids is 1. The summed E-state index contributed by atoms with van der Waals surface area (Å²) in [5.74, 6) is 2.07. The lowest BCUT2D eigenvalue weighted by Gasteiger charge is -2.04. The van der Waals surface area contributed by atoms with Gasteiger partial charge in [0.05, 0.1) is 0 Å². The number of nitrogens with zero attached hydrogens (tertiary/aromatic N) is 2. The largest absolute Gasteiger partial charge is 0.454 e. The van der Waals surface area contributed by atoms with Gasteiger partial charge in [0.2, 0.25) is 6.79 Å². The highest BCUT2D eigenvalue weighted by atomic mass is 35.5. The van der Waals surface area contributed by atoms with E-state index in [2.05, 4.69) is 15.6 Å². The number of ether oxygens (including phenoxy) is 2. The predicted molar refractivity (Wildman–Crippen MR) is 86.6 cm³/mol. The van der Waals surface area contributed by atoms with E-state index in [1.54, 1.807) is 18.2 Å². The Morgan fingerprint density at radius 1 is 1.26 bits per heavy atom. The number of anilines is 1. The van der Waals surface area contributed by atoms with E-state index in [1.165, 1.54) is 0 Å². The van der Waals surface area contributed by atoms with Crippen molar-refractivity contribution in [3.8, 4) is 11.5 Å². The number of hydrogen-bond acceptors (Lipinski definition) is 5. The van der Waals surface area contributed by atoms with Crippen LogP contribution < -0.4 is 20.1 Å². The second-order valence-corrected chi connectivity index (χ2v) is 5.26. The standard InChI is InChI=1S/C15H16N4O3.ClH/c20-15(11-8-19-6-5-16-4-3-14(19)18-11)17-10-1-2-12-13(7-10)22-9-21-12;/h1-2,7-8,16H,3-6,9H2,(H,17,20);1H. The van der Waals surface area contributed by atoms with Crippen LogP contribution in [-0.2, 0) is 13.0 Å². The van der Waals surface area contributed by atoms with Crippen molar-refractivity contribution >= 4 is 24.0 Å². The maximum Gasteiger partial charge on any atom is 0.275 e. The van der Waals surface area contributed by atoms with Crippen molar-refractivity contribution in [1.82, 2.24) is 14.9 Å². The van der Waals surface area contributed by atoms with E-state index < -0.39 is 0 Å². The minimum atomic E-state index is -0.215. The highest BCUT2D eigenvalue weighted by Crippen LogP contribution is 2.34. The van der Waals surface area contributed by atoms with Gasteiger partial charge in [-0.1, -0.05) is 0 Å². The van der Waals surface area contributed by atoms with Crippen molar-refractivity contribution in [1.29, 1.82) is 0 Å². The summed E-state index contributed by atoms with van der Waals surface area (Å²) in [6, 6.07) is 5.33. The molecular weight excluding hydrogens is 320 g/mol. The zero-order chi connectivity index (χ0) is 14.9. The third kappa shape index (κ3) is 3.11. The number of halogens is 1. The number of fused-ring (bicyclic) bond motifs is 2. The van der Waals surface area contributed by atoms with E-state index >= 15 is 0 Å². The SMILES string of the molecule is Cl.O=C(Nc1ccc2c(c1)OCO2)c1cn2c(n1)CCNCC2. The monoisotopic (exact) mass is 336 g/mol. The molecule has 0 atom stereocenters. The summed E-state index contributed by atoms with van der Waals surface area (Å²) >= 11 is 0. The number of imidazole rings is 1. The second kappa shape index (κ2) is 6.47. The molecule has 1 aromatic heterocycles. The molecule has 0 bridgehead atoms. The maximum atomic E-state index is 12.3. The fraction of sp³-hybridized carbons (Fsp3) is 0.333. The first kappa shape index (κ1) is 15.6. The van der Waals surface area contributed by atoms with E-state index in [-0.39, 0.29) is 25.1 Å². The molecule has 0 spiro atoms. The molecule has 2 aliphatic rings. The molecule has 4 rings (SSSR count). The van der Waals surface area contributed by atoms with Crippen LogP contribution in [0.3, 0.4) is 0 Å². The summed E-state index contributed by atoms with van der Waals surface area (Å²) < 4.78 is 12.6. The molecule has 1 aromatic carbocycles. The highest BCUT2D eigenvalue weighted by molar-refractivity contribution is 6.03. The van der Waals surface area contributed by atoms with Gasteiger partial charge in [-0.25, -0.2) is 4.98 Å². The Balaban J connectivity index is 0.00000156.